The number of nitrogens with one attached hydrogen (secondary N) is 2. The minimum Gasteiger partial charge on any atom is -0.480 e. The molecule has 13 heteroatoms. The predicted molar refractivity (Wildman–Crippen MR) is 107 cm³/mol. The normalized spacial score (nSPS) is 18.7. The molecule has 1 aliphatic heterocycles. The van der Waals surface area contributed by atoms with Gasteiger partial charge >= 0.3 is 5.97 Å². The summed E-state index contributed by atoms with van der Waals surface area (Å²) in [5, 5.41) is 13.9. The van der Waals surface area contributed by atoms with Crippen molar-refractivity contribution in [2.45, 2.75) is 63.7 Å². The first-order valence-electron chi connectivity index (χ1n) is 9.81. The van der Waals surface area contributed by atoms with Gasteiger partial charge in [0.05, 0.1) is 18.9 Å². The number of carbonyl (C=O) groups is 6. The van der Waals surface area contributed by atoms with Crippen LogP contribution in [0, 0.1) is 5.92 Å². The van der Waals surface area contributed by atoms with E-state index >= 15 is 0 Å². The molecule has 0 bridgehead atoms. The van der Waals surface area contributed by atoms with E-state index < -0.39 is 72.0 Å². The largest absolute Gasteiger partial charge is 0.480 e. The molecule has 0 aliphatic carbocycles. The second-order valence-electron chi connectivity index (χ2n) is 7.77. The van der Waals surface area contributed by atoms with Gasteiger partial charge in [-0.25, -0.2) is 4.79 Å². The van der Waals surface area contributed by atoms with Gasteiger partial charge in [0.15, 0.2) is 0 Å². The SMILES string of the molecule is CC(C)C(NC(=O)C1CCCN1C(=O)C(N)CC(N)=O)C(=O)NC(CC(N)=O)C(=O)O. The number of aliphatic carboxylic acids is 1. The monoisotopic (exact) mass is 442 g/mol. The van der Waals surface area contributed by atoms with Crippen LogP contribution < -0.4 is 27.8 Å². The van der Waals surface area contributed by atoms with Crippen LogP contribution in [-0.2, 0) is 28.8 Å². The van der Waals surface area contributed by atoms with Crippen molar-refractivity contribution in [3.63, 3.8) is 0 Å². The van der Waals surface area contributed by atoms with E-state index in [1.807, 2.05) is 0 Å². The fraction of sp³-hybridized carbons (Fsp3) is 0.667. The zero-order chi connectivity index (χ0) is 23.9. The number of amides is 5. The van der Waals surface area contributed by atoms with E-state index in [1.165, 1.54) is 4.90 Å². The molecule has 1 fully saturated rings. The Morgan fingerprint density at radius 1 is 1.03 bits per heavy atom. The lowest BCUT2D eigenvalue weighted by Gasteiger charge is -2.29. The predicted octanol–water partition coefficient (Wildman–Crippen LogP) is -3.23. The zero-order valence-electron chi connectivity index (χ0n) is 17.5. The standard InChI is InChI=1S/C18H30N6O7/c1-8(2)14(16(28)22-10(18(30)31)7-13(21)26)23-15(27)11-4-3-5-24(11)17(29)9(19)6-12(20)25/h8-11,14H,3-7,19H2,1-2H3,(H2,20,25)(H2,21,26)(H,22,28)(H,23,27)(H,30,31). The van der Waals surface area contributed by atoms with Crippen molar-refractivity contribution in [3.8, 4) is 0 Å². The Balaban J connectivity index is 2.89. The summed E-state index contributed by atoms with van der Waals surface area (Å²) in [6, 6.07) is -4.75. The Hall–Kier alpha value is -3.22. The molecule has 0 spiro atoms. The van der Waals surface area contributed by atoms with Crippen molar-refractivity contribution in [2.75, 3.05) is 6.54 Å². The third-order valence-corrected chi connectivity index (χ3v) is 4.84. The Kier molecular flexibility index (Phi) is 9.37. The number of nitrogens with zero attached hydrogens (tertiary/aromatic N) is 1. The quantitative estimate of drug-likeness (QED) is 0.190. The molecule has 0 aromatic heterocycles. The second kappa shape index (κ2) is 11.2. The van der Waals surface area contributed by atoms with E-state index in [1.54, 1.807) is 13.8 Å². The lowest BCUT2D eigenvalue weighted by atomic mass is 10.0. The van der Waals surface area contributed by atoms with Gasteiger partial charge in [-0.2, -0.15) is 0 Å². The fourth-order valence-corrected chi connectivity index (χ4v) is 3.27. The lowest BCUT2D eigenvalue weighted by Crippen LogP contribution is -2.58. The molecule has 1 rings (SSSR count). The number of carboxylic acids is 1. The highest BCUT2D eigenvalue weighted by molar-refractivity contribution is 5.96. The highest BCUT2D eigenvalue weighted by atomic mass is 16.4. The molecule has 0 saturated carbocycles. The molecular formula is C18H30N6O7. The topological polar surface area (TPSA) is 228 Å². The molecule has 174 valence electrons. The van der Waals surface area contributed by atoms with E-state index in [4.69, 9.17) is 22.3 Å². The van der Waals surface area contributed by atoms with Crippen LogP contribution in [0.25, 0.3) is 0 Å². The van der Waals surface area contributed by atoms with Crippen LogP contribution in [0.3, 0.4) is 0 Å². The number of hydrogen-bond acceptors (Lipinski definition) is 7. The highest BCUT2D eigenvalue weighted by Crippen LogP contribution is 2.19. The van der Waals surface area contributed by atoms with Crippen LogP contribution in [-0.4, -0.2) is 76.2 Å². The Labute approximate surface area is 179 Å². The van der Waals surface area contributed by atoms with Crippen LogP contribution in [0.15, 0.2) is 0 Å². The molecule has 1 aliphatic rings. The van der Waals surface area contributed by atoms with Gasteiger partial charge < -0.3 is 37.8 Å². The summed E-state index contributed by atoms with van der Waals surface area (Å²) >= 11 is 0. The van der Waals surface area contributed by atoms with Crippen LogP contribution in [0.4, 0.5) is 0 Å². The van der Waals surface area contributed by atoms with Gasteiger partial charge in [-0.1, -0.05) is 13.8 Å². The van der Waals surface area contributed by atoms with Crippen molar-refractivity contribution in [1.82, 2.24) is 15.5 Å². The molecule has 1 heterocycles. The van der Waals surface area contributed by atoms with E-state index in [9.17, 15) is 28.8 Å². The number of primary amides is 2. The molecule has 5 amide bonds. The second-order valence-corrected chi connectivity index (χ2v) is 7.77. The number of rotatable bonds is 11. The first kappa shape index (κ1) is 25.8. The van der Waals surface area contributed by atoms with E-state index in [0.717, 1.165) is 0 Å². The minimum absolute atomic E-state index is 0.252. The number of nitrogens with two attached hydrogens (primary N) is 3. The Morgan fingerprint density at radius 3 is 2.10 bits per heavy atom. The summed E-state index contributed by atoms with van der Waals surface area (Å²) in [5.74, 6) is -5.57. The molecule has 31 heavy (non-hydrogen) atoms. The molecular weight excluding hydrogens is 412 g/mol. The van der Waals surface area contributed by atoms with Gasteiger partial charge in [-0.15, -0.1) is 0 Å². The van der Waals surface area contributed by atoms with Crippen molar-refractivity contribution in [2.24, 2.45) is 23.1 Å². The van der Waals surface area contributed by atoms with Crippen LogP contribution in [0.5, 0.6) is 0 Å². The van der Waals surface area contributed by atoms with E-state index in [2.05, 4.69) is 10.6 Å². The van der Waals surface area contributed by atoms with Gasteiger partial charge in [-0.3, -0.25) is 24.0 Å². The van der Waals surface area contributed by atoms with Gasteiger partial charge in [0, 0.05) is 6.54 Å². The van der Waals surface area contributed by atoms with Crippen molar-refractivity contribution in [3.05, 3.63) is 0 Å². The zero-order valence-corrected chi connectivity index (χ0v) is 17.5. The molecule has 1 saturated heterocycles. The third kappa shape index (κ3) is 7.51. The maximum atomic E-state index is 12.8. The first-order valence-corrected chi connectivity index (χ1v) is 9.81. The highest BCUT2D eigenvalue weighted by Gasteiger charge is 2.38. The van der Waals surface area contributed by atoms with Crippen LogP contribution in [0.2, 0.25) is 0 Å². The molecule has 13 nitrogen and oxygen atoms in total. The maximum absolute atomic E-state index is 12.8. The first-order chi connectivity index (χ1) is 14.3. The van der Waals surface area contributed by atoms with Crippen LogP contribution >= 0.6 is 0 Å². The number of carbonyl (C=O) groups excluding carboxylic acids is 5. The number of likely N-dealkylation sites (tertiary alicyclic amines) is 1. The Bertz CT molecular complexity index is 741. The summed E-state index contributed by atoms with van der Waals surface area (Å²) in [5.41, 5.74) is 15.8. The number of hydrogen-bond donors (Lipinski definition) is 6. The molecule has 4 atom stereocenters. The molecule has 0 aromatic rings. The summed E-state index contributed by atoms with van der Waals surface area (Å²) in [4.78, 5) is 72.4. The summed E-state index contributed by atoms with van der Waals surface area (Å²) < 4.78 is 0. The van der Waals surface area contributed by atoms with Crippen molar-refractivity contribution in [1.29, 1.82) is 0 Å². The molecule has 9 N–H and O–H groups in total. The van der Waals surface area contributed by atoms with Crippen molar-refractivity contribution >= 4 is 35.5 Å². The van der Waals surface area contributed by atoms with E-state index in [0.29, 0.717) is 12.8 Å². The molecule has 0 radical (unpaired) electrons. The van der Waals surface area contributed by atoms with Crippen LogP contribution in [0.1, 0.15) is 39.5 Å². The maximum Gasteiger partial charge on any atom is 0.326 e. The third-order valence-electron chi connectivity index (χ3n) is 4.84. The molecule has 4 unspecified atom stereocenters. The van der Waals surface area contributed by atoms with Gasteiger partial charge in [0.1, 0.15) is 18.1 Å². The fourth-order valence-electron chi connectivity index (χ4n) is 3.27. The smallest absolute Gasteiger partial charge is 0.326 e. The average Bonchev–Trinajstić information content (AvgIpc) is 3.13. The minimum atomic E-state index is -1.54. The Morgan fingerprint density at radius 2 is 1.61 bits per heavy atom. The van der Waals surface area contributed by atoms with Gasteiger partial charge in [0.25, 0.3) is 0 Å². The van der Waals surface area contributed by atoms with E-state index in [-0.39, 0.29) is 13.0 Å². The average molecular weight is 442 g/mol. The van der Waals surface area contributed by atoms with Gasteiger partial charge in [-0.05, 0) is 18.8 Å². The lowest BCUT2D eigenvalue weighted by molar-refractivity contribution is -0.144. The summed E-state index contributed by atoms with van der Waals surface area (Å²) in [6.45, 7) is 3.52. The van der Waals surface area contributed by atoms with Crippen molar-refractivity contribution < 1.29 is 33.9 Å². The summed E-state index contributed by atoms with van der Waals surface area (Å²) in [7, 11) is 0. The number of carboxylic acid groups (broad SMARTS) is 1. The summed E-state index contributed by atoms with van der Waals surface area (Å²) in [6.07, 6.45) is -0.127. The van der Waals surface area contributed by atoms with Gasteiger partial charge in [0.2, 0.25) is 29.5 Å². The molecule has 0 aromatic carbocycles.